The smallest absolute Gasteiger partial charge is 0.261 e. The van der Waals surface area contributed by atoms with Crippen LogP contribution in [-0.2, 0) is 6.42 Å². The highest BCUT2D eigenvalue weighted by atomic mass is 32.2. The van der Waals surface area contributed by atoms with Crippen LogP contribution in [0.15, 0.2) is 29.2 Å². The van der Waals surface area contributed by atoms with Crippen LogP contribution < -0.4 is 16.8 Å². The van der Waals surface area contributed by atoms with Crippen molar-refractivity contribution in [1.82, 2.24) is 0 Å². The average molecular weight is 325 g/mol. The number of thioether (sulfide) groups is 1. The molecule has 7 heteroatoms. The maximum atomic E-state index is 13.1. The monoisotopic (exact) mass is 325 g/mol. The van der Waals surface area contributed by atoms with Crippen molar-refractivity contribution >= 4 is 39.7 Å². The highest BCUT2D eigenvalue weighted by Gasteiger charge is 2.18. The minimum Gasteiger partial charge on any atom is -0.396 e. The fourth-order valence-electron chi connectivity index (χ4n) is 1.94. The van der Waals surface area contributed by atoms with Gasteiger partial charge >= 0.3 is 0 Å². The molecule has 0 aliphatic carbocycles. The molecule has 2 aromatic rings. The van der Waals surface area contributed by atoms with Gasteiger partial charge in [0.2, 0.25) is 0 Å². The van der Waals surface area contributed by atoms with Gasteiger partial charge in [0.15, 0.2) is 0 Å². The van der Waals surface area contributed by atoms with Crippen molar-refractivity contribution in [2.75, 3.05) is 23.9 Å². The van der Waals surface area contributed by atoms with Gasteiger partial charge < -0.3 is 16.8 Å². The van der Waals surface area contributed by atoms with E-state index in [0.717, 1.165) is 15.5 Å². The Hall–Kier alpha value is -1.73. The third-order valence-electron chi connectivity index (χ3n) is 2.92. The summed E-state index contributed by atoms with van der Waals surface area (Å²) < 4.78 is 13.1. The molecular formula is C14H16FN3OS2. The molecule has 0 fully saturated rings. The number of nitrogens with one attached hydrogen (secondary N) is 1. The van der Waals surface area contributed by atoms with Crippen LogP contribution >= 0.6 is 23.1 Å². The first kappa shape index (κ1) is 15.7. The molecule has 0 unspecified atom stereocenters. The van der Waals surface area contributed by atoms with Crippen LogP contribution in [0, 0.1) is 5.82 Å². The molecule has 0 saturated heterocycles. The Morgan fingerprint density at radius 1 is 1.48 bits per heavy atom. The van der Waals surface area contributed by atoms with Crippen molar-refractivity contribution in [3.05, 3.63) is 40.5 Å². The number of halogens is 1. The molecule has 0 atom stereocenters. The van der Waals surface area contributed by atoms with Crippen molar-refractivity contribution in [2.45, 2.75) is 11.3 Å². The lowest BCUT2D eigenvalue weighted by molar-refractivity contribution is 0.100. The quantitative estimate of drug-likeness (QED) is 0.713. The lowest BCUT2D eigenvalue weighted by Gasteiger charge is -2.06. The third-order valence-corrected chi connectivity index (χ3v) is 5.06. The van der Waals surface area contributed by atoms with E-state index in [2.05, 4.69) is 5.32 Å². The van der Waals surface area contributed by atoms with E-state index in [4.69, 9.17) is 11.5 Å². The second-order valence-corrected chi connectivity index (χ2v) is 6.22. The lowest BCUT2D eigenvalue weighted by atomic mass is 10.1. The molecule has 21 heavy (non-hydrogen) atoms. The average Bonchev–Trinajstić information content (AvgIpc) is 2.75. The van der Waals surface area contributed by atoms with Gasteiger partial charge in [-0.15, -0.1) is 23.1 Å². The van der Waals surface area contributed by atoms with Gasteiger partial charge in [0, 0.05) is 6.54 Å². The van der Waals surface area contributed by atoms with E-state index in [9.17, 15) is 9.18 Å². The number of amides is 1. The van der Waals surface area contributed by atoms with E-state index in [1.54, 1.807) is 6.07 Å². The van der Waals surface area contributed by atoms with E-state index in [-0.39, 0.29) is 5.82 Å². The molecule has 0 bridgehead atoms. The highest BCUT2D eigenvalue weighted by molar-refractivity contribution is 7.99. The molecule has 1 aromatic heterocycles. The molecule has 2 rings (SSSR count). The first-order chi connectivity index (χ1) is 10.0. The predicted octanol–water partition coefficient (Wildman–Crippen LogP) is 2.94. The van der Waals surface area contributed by atoms with Crippen LogP contribution in [-0.4, -0.2) is 18.7 Å². The maximum Gasteiger partial charge on any atom is 0.261 e. The van der Waals surface area contributed by atoms with E-state index >= 15 is 0 Å². The highest BCUT2D eigenvalue weighted by Crippen LogP contribution is 2.41. The van der Waals surface area contributed by atoms with Gasteiger partial charge in [0.05, 0.1) is 10.6 Å². The van der Waals surface area contributed by atoms with Crippen LogP contribution in [0.3, 0.4) is 0 Å². The Morgan fingerprint density at radius 2 is 2.24 bits per heavy atom. The summed E-state index contributed by atoms with van der Waals surface area (Å²) in [5.41, 5.74) is 12.6. The molecule has 4 nitrogen and oxygen atoms in total. The SMILES string of the molecule is CSc1c(NCCc2cccc(F)c2)sc(C(N)=O)c1N. The zero-order valence-electron chi connectivity index (χ0n) is 11.5. The number of nitrogens with two attached hydrogens (primary N) is 2. The molecule has 0 aliphatic heterocycles. The Bertz CT molecular complexity index is 658. The zero-order valence-corrected chi connectivity index (χ0v) is 13.1. The number of anilines is 2. The minimum atomic E-state index is -0.522. The van der Waals surface area contributed by atoms with E-state index in [1.807, 2.05) is 12.3 Å². The molecule has 0 saturated carbocycles. The first-order valence-corrected chi connectivity index (χ1v) is 8.31. The normalized spacial score (nSPS) is 10.6. The summed E-state index contributed by atoms with van der Waals surface area (Å²) in [5.74, 6) is -0.764. The van der Waals surface area contributed by atoms with Gasteiger partial charge in [0.1, 0.15) is 15.7 Å². The number of hydrogen-bond acceptors (Lipinski definition) is 5. The summed E-state index contributed by atoms with van der Waals surface area (Å²) in [6.45, 7) is 0.620. The minimum absolute atomic E-state index is 0.242. The molecule has 0 radical (unpaired) electrons. The van der Waals surface area contributed by atoms with Crippen molar-refractivity contribution in [2.24, 2.45) is 5.73 Å². The van der Waals surface area contributed by atoms with Crippen molar-refractivity contribution in [1.29, 1.82) is 0 Å². The van der Waals surface area contributed by atoms with Crippen molar-refractivity contribution in [3.63, 3.8) is 0 Å². The second-order valence-electron chi connectivity index (χ2n) is 4.38. The van der Waals surface area contributed by atoms with Crippen LogP contribution in [0.25, 0.3) is 0 Å². The number of benzene rings is 1. The summed E-state index contributed by atoms with van der Waals surface area (Å²) in [5, 5.41) is 4.06. The van der Waals surface area contributed by atoms with Crippen LogP contribution in [0.5, 0.6) is 0 Å². The van der Waals surface area contributed by atoms with Crippen molar-refractivity contribution in [3.8, 4) is 0 Å². The summed E-state index contributed by atoms with van der Waals surface area (Å²) in [4.78, 5) is 12.5. The summed E-state index contributed by atoms with van der Waals surface area (Å²) >= 11 is 2.72. The molecule has 0 spiro atoms. The number of carbonyl (C=O) groups is 1. The van der Waals surface area contributed by atoms with Gasteiger partial charge in [-0.25, -0.2) is 4.39 Å². The predicted molar refractivity (Wildman–Crippen MR) is 87.6 cm³/mol. The van der Waals surface area contributed by atoms with Crippen LogP contribution in [0.1, 0.15) is 15.2 Å². The van der Waals surface area contributed by atoms with Gasteiger partial charge in [-0.1, -0.05) is 12.1 Å². The molecule has 0 aliphatic rings. The molecule has 112 valence electrons. The fourth-order valence-corrected chi connectivity index (χ4v) is 3.86. The van der Waals surface area contributed by atoms with Gasteiger partial charge in [-0.3, -0.25) is 4.79 Å². The van der Waals surface area contributed by atoms with Crippen LogP contribution in [0.4, 0.5) is 15.1 Å². The molecular weight excluding hydrogens is 309 g/mol. The van der Waals surface area contributed by atoms with E-state index in [0.29, 0.717) is 23.5 Å². The number of nitrogen functional groups attached to an aromatic ring is 1. The second kappa shape index (κ2) is 6.82. The Labute approximate surface area is 130 Å². The Morgan fingerprint density at radius 3 is 2.86 bits per heavy atom. The number of hydrogen-bond donors (Lipinski definition) is 3. The fraction of sp³-hybridized carbons (Fsp3) is 0.214. The standard InChI is InChI=1S/C14H16FN3OS2/c1-20-12-10(16)11(13(17)19)21-14(12)18-6-5-8-3-2-4-9(15)7-8/h2-4,7,18H,5-6,16H2,1H3,(H2,17,19). The van der Waals surface area contributed by atoms with Crippen molar-refractivity contribution < 1.29 is 9.18 Å². The maximum absolute atomic E-state index is 13.1. The Kier molecular flexibility index (Phi) is 5.08. The van der Waals surface area contributed by atoms with E-state index < -0.39 is 5.91 Å². The van der Waals surface area contributed by atoms with Gasteiger partial charge in [-0.05, 0) is 30.4 Å². The number of rotatable bonds is 6. The molecule has 1 amide bonds. The van der Waals surface area contributed by atoms with Gasteiger partial charge in [-0.2, -0.15) is 0 Å². The largest absolute Gasteiger partial charge is 0.396 e. The third kappa shape index (κ3) is 3.68. The lowest BCUT2D eigenvalue weighted by Crippen LogP contribution is -2.10. The first-order valence-electron chi connectivity index (χ1n) is 6.27. The summed E-state index contributed by atoms with van der Waals surface area (Å²) in [6, 6.07) is 6.49. The molecule has 1 heterocycles. The topological polar surface area (TPSA) is 81.1 Å². The zero-order chi connectivity index (χ0) is 15.4. The molecule has 5 N–H and O–H groups in total. The number of carbonyl (C=O) groups excluding carboxylic acids is 1. The van der Waals surface area contributed by atoms with E-state index in [1.165, 1.54) is 35.2 Å². The van der Waals surface area contributed by atoms with Gasteiger partial charge in [0.25, 0.3) is 5.91 Å². The summed E-state index contributed by atoms with van der Waals surface area (Å²) in [6.07, 6.45) is 2.57. The number of primary amides is 1. The Balaban J connectivity index is 2.06. The summed E-state index contributed by atoms with van der Waals surface area (Å²) in [7, 11) is 0. The number of thiophene rings is 1. The van der Waals surface area contributed by atoms with Crippen LogP contribution in [0.2, 0.25) is 0 Å². The molecule has 1 aromatic carbocycles.